The van der Waals surface area contributed by atoms with Crippen LogP contribution in [0.25, 0.3) is 0 Å². The minimum absolute atomic E-state index is 0.0495. The predicted molar refractivity (Wildman–Crippen MR) is 91.2 cm³/mol. The molecule has 2 saturated heterocycles. The van der Waals surface area contributed by atoms with Crippen molar-refractivity contribution in [1.29, 1.82) is 0 Å². The molecule has 0 spiro atoms. The number of carboxylic acid groups (broad SMARTS) is 1. The first-order valence-electron chi connectivity index (χ1n) is 7.77. The highest BCUT2D eigenvalue weighted by molar-refractivity contribution is 8.06. The van der Waals surface area contributed by atoms with Crippen LogP contribution >= 0.6 is 23.5 Å². The van der Waals surface area contributed by atoms with E-state index in [1.807, 2.05) is 6.92 Å². The molecule has 0 aromatic rings. The van der Waals surface area contributed by atoms with E-state index in [2.05, 4.69) is 11.6 Å². The summed E-state index contributed by atoms with van der Waals surface area (Å²) in [6.45, 7) is 5.33. The molecule has 3 aliphatic rings. The van der Waals surface area contributed by atoms with Gasteiger partial charge in [0.05, 0.1) is 18.1 Å². The zero-order valence-electron chi connectivity index (χ0n) is 13.4. The number of carbonyl (C=O) groups is 2. The number of nitrogens with zero attached hydrogens (tertiary/aromatic N) is 1. The maximum absolute atomic E-state index is 12.3. The minimum atomic E-state index is -1.05. The van der Waals surface area contributed by atoms with Crippen LogP contribution in [0.3, 0.4) is 0 Å². The second-order valence-corrected chi connectivity index (χ2v) is 8.72. The Kier molecular flexibility index (Phi) is 4.70. The fourth-order valence-electron chi connectivity index (χ4n) is 3.83. The number of rotatable bonds is 5. The Morgan fingerprint density at radius 1 is 1.39 bits per heavy atom. The summed E-state index contributed by atoms with van der Waals surface area (Å²) in [5, 5.41) is 23.5. The van der Waals surface area contributed by atoms with Crippen molar-refractivity contribution in [2.75, 3.05) is 19.3 Å². The van der Waals surface area contributed by atoms with E-state index < -0.39 is 18.0 Å². The molecule has 6 atom stereocenters. The molecule has 0 radical (unpaired) electrons. The average molecular weight is 358 g/mol. The third-order valence-electron chi connectivity index (χ3n) is 5.00. The Labute approximate surface area is 144 Å². The lowest BCUT2D eigenvalue weighted by Gasteiger charge is -2.46. The number of amides is 1. The van der Waals surface area contributed by atoms with E-state index in [1.165, 1.54) is 4.90 Å². The number of hydrogen-bond acceptors (Lipinski definition) is 6. The third-order valence-corrected chi connectivity index (χ3v) is 7.89. The van der Waals surface area contributed by atoms with Gasteiger partial charge in [0.15, 0.2) is 0 Å². The van der Waals surface area contributed by atoms with Gasteiger partial charge in [-0.1, -0.05) is 6.92 Å². The number of carboxylic acids is 1. The summed E-state index contributed by atoms with van der Waals surface area (Å²) in [5.41, 5.74) is 0.126. The van der Waals surface area contributed by atoms with Gasteiger partial charge in [0.25, 0.3) is 0 Å². The quantitative estimate of drug-likeness (QED) is 0.619. The summed E-state index contributed by atoms with van der Waals surface area (Å²) in [7, 11) is 0. The van der Waals surface area contributed by atoms with E-state index in [-0.39, 0.29) is 23.6 Å². The van der Waals surface area contributed by atoms with Crippen LogP contribution in [-0.2, 0) is 9.59 Å². The Hall–Kier alpha value is -0.700. The number of nitrogens with one attached hydrogen (secondary N) is 1. The van der Waals surface area contributed by atoms with E-state index in [0.29, 0.717) is 10.5 Å². The monoisotopic (exact) mass is 358 g/mol. The Balaban J connectivity index is 1.89. The van der Waals surface area contributed by atoms with Crippen LogP contribution in [-0.4, -0.2) is 69.0 Å². The first-order valence-corrected chi connectivity index (χ1v) is 9.94. The lowest BCUT2D eigenvalue weighted by atomic mass is 9.79. The smallest absolute Gasteiger partial charge is 0.353 e. The molecule has 6 nitrogen and oxygen atoms in total. The van der Waals surface area contributed by atoms with Crippen LogP contribution in [0.5, 0.6) is 0 Å². The Bertz CT molecular complexity index is 566. The summed E-state index contributed by atoms with van der Waals surface area (Å²) in [6.07, 6.45) is 1.31. The normalized spacial score (nSPS) is 37.8. The van der Waals surface area contributed by atoms with Gasteiger partial charge in [0.1, 0.15) is 5.70 Å². The third kappa shape index (κ3) is 2.59. The van der Waals surface area contributed by atoms with Crippen molar-refractivity contribution in [3.05, 3.63) is 10.6 Å². The van der Waals surface area contributed by atoms with E-state index in [9.17, 15) is 19.8 Å². The van der Waals surface area contributed by atoms with Crippen LogP contribution < -0.4 is 5.32 Å². The van der Waals surface area contributed by atoms with E-state index in [0.717, 1.165) is 18.0 Å². The zero-order chi connectivity index (χ0) is 16.9. The van der Waals surface area contributed by atoms with E-state index in [1.54, 1.807) is 30.4 Å². The van der Waals surface area contributed by atoms with Gasteiger partial charge < -0.3 is 20.4 Å². The average Bonchev–Trinajstić information content (AvgIpc) is 3.01. The number of thioether (sulfide) groups is 2. The minimum Gasteiger partial charge on any atom is -0.477 e. The lowest BCUT2D eigenvalue weighted by Crippen LogP contribution is -2.63. The molecule has 5 unspecified atom stereocenters. The predicted octanol–water partition coefficient (Wildman–Crippen LogP) is 0.577. The molecule has 23 heavy (non-hydrogen) atoms. The van der Waals surface area contributed by atoms with Crippen LogP contribution in [0.4, 0.5) is 0 Å². The molecule has 3 N–H and O–H groups in total. The Morgan fingerprint density at radius 2 is 2.04 bits per heavy atom. The van der Waals surface area contributed by atoms with Crippen LogP contribution in [0.2, 0.25) is 0 Å². The highest BCUT2D eigenvalue weighted by Gasteiger charge is 2.60. The number of carbonyl (C=O) groups excluding carboxylic acids is 1. The molecular formula is C15H22N2O4S2. The molecule has 0 aromatic carbocycles. The molecule has 2 fully saturated rings. The molecule has 1 amide bonds. The molecule has 0 saturated carbocycles. The molecule has 128 valence electrons. The Morgan fingerprint density at radius 3 is 2.61 bits per heavy atom. The van der Waals surface area contributed by atoms with Gasteiger partial charge in [-0.15, -0.1) is 11.8 Å². The van der Waals surface area contributed by atoms with Crippen molar-refractivity contribution in [3.8, 4) is 0 Å². The number of fused-ring (bicyclic) bond motifs is 1. The number of aliphatic hydroxyl groups excluding tert-OH is 1. The first-order chi connectivity index (χ1) is 10.9. The molecule has 0 aromatic heterocycles. The van der Waals surface area contributed by atoms with Crippen LogP contribution in [0, 0.1) is 11.8 Å². The van der Waals surface area contributed by atoms with Crippen LogP contribution in [0.15, 0.2) is 10.6 Å². The van der Waals surface area contributed by atoms with Gasteiger partial charge in [-0.2, -0.15) is 11.8 Å². The standard InChI is InChI=1S/C15H22N2O4S2/c1-6-11-10(7(2)18)14(19)17(11)12(15(20)21)13(6)23-9-5-16-4-8(9)22-3/h6-11,16,18H,4-5H2,1-3H3,(H,20,21)/t6?,7?,8?,9?,10?,11-/m1/s1. The van der Waals surface area contributed by atoms with Gasteiger partial charge in [-0.25, -0.2) is 4.79 Å². The SMILES string of the molecule is CSC1CNCC1SC1=C(C(=O)O)N2C(=O)C(C(C)O)[C@H]2C1C. The summed E-state index contributed by atoms with van der Waals surface area (Å²) in [5.74, 6) is -1.86. The fourth-order valence-corrected chi connectivity index (χ4v) is 6.44. The van der Waals surface area contributed by atoms with Crippen molar-refractivity contribution >= 4 is 35.4 Å². The topological polar surface area (TPSA) is 89.9 Å². The van der Waals surface area contributed by atoms with Gasteiger partial charge in [-0.05, 0) is 13.2 Å². The summed E-state index contributed by atoms with van der Waals surface area (Å²) in [4.78, 5) is 26.2. The van der Waals surface area contributed by atoms with Crippen molar-refractivity contribution < 1.29 is 19.8 Å². The summed E-state index contributed by atoms with van der Waals surface area (Å²) >= 11 is 3.38. The highest BCUT2D eigenvalue weighted by atomic mass is 32.2. The van der Waals surface area contributed by atoms with Crippen molar-refractivity contribution in [1.82, 2.24) is 10.2 Å². The van der Waals surface area contributed by atoms with Gasteiger partial charge >= 0.3 is 5.97 Å². The number of aliphatic carboxylic acids is 1. The fraction of sp³-hybridized carbons (Fsp3) is 0.733. The van der Waals surface area contributed by atoms with Gasteiger partial charge in [0, 0.05) is 34.4 Å². The largest absolute Gasteiger partial charge is 0.477 e. The molecular weight excluding hydrogens is 336 g/mol. The van der Waals surface area contributed by atoms with Crippen molar-refractivity contribution in [2.24, 2.45) is 11.8 Å². The molecule has 8 heteroatoms. The van der Waals surface area contributed by atoms with E-state index >= 15 is 0 Å². The number of hydrogen-bond donors (Lipinski definition) is 3. The maximum Gasteiger partial charge on any atom is 0.353 e. The molecule has 3 heterocycles. The van der Waals surface area contributed by atoms with Gasteiger partial charge in [-0.3, -0.25) is 4.79 Å². The number of β-lactam (4-membered cyclic amide) rings is 1. The maximum atomic E-state index is 12.3. The van der Waals surface area contributed by atoms with Crippen molar-refractivity contribution in [2.45, 2.75) is 36.5 Å². The molecule has 3 rings (SSSR count). The molecule has 3 aliphatic heterocycles. The van der Waals surface area contributed by atoms with E-state index in [4.69, 9.17) is 0 Å². The second-order valence-electron chi connectivity index (χ2n) is 6.36. The molecule has 0 bridgehead atoms. The summed E-state index contributed by atoms with van der Waals surface area (Å²) in [6, 6.07) is -0.224. The van der Waals surface area contributed by atoms with Crippen molar-refractivity contribution in [3.63, 3.8) is 0 Å². The number of aliphatic hydroxyl groups is 1. The highest BCUT2D eigenvalue weighted by Crippen LogP contribution is 2.52. The molecule has 0 aliphatic carbocycles. The summed E-state index contributed by atoms with van der Waals surface area (Å²) < 4.78 is 0. The zero-order valence-corrected chi connectivity index (χ0v) is 15.0. The van der Waals surface area contributed by atoms with Gasteiger partial charge in [0.2, 0.25) is 5.91 Å². The first kappa shape index (κ1) is 17.1. The van der Waals surface area contributed by atoms with Crippen LogP contribution in [0.1, 0.15) is 13.8 Å². The lowest BCUT2D eigenvalue weighted by molar-refractivity contribution is -0.163. The second kappa shape index (κ2) is 6.31.